The highest BCUT2D eigenvalue weighted by Gasteiger charge is 2.40. The predicted molar refractivity (Wildman–Crippen MR) is 79.8 cm³/mol. The summed E-state index contributed by atoms with van der Waals surface area (Å²) in [6.45, 7) is 4.81. The first-order valence-electron chi connectivity index (χ1n) is 7.93. The zero-order valence-corrected chi connectivity index (χ0v) is 12.9. The quantitative estimate of drug-likeness (QED) is 0.793. The van der Waals surface area contributed by atoms with Crippen molar-refractivity contribution in [2.45, 2.75) is 44.6 Å². The predicted octanol–water partition coefficient (Wildman–Crippen LogP) is 0.513. The topological polar surface area (TPSA) is 86.9 Å². The van der Waals surface area contributed by atoms with E-state index in [0.717, 1.165) is 38.6 Å². The molecule has 0 bridgehead atoms. The Labute approximate surface area is 126 Å². The Morgan fingerprint density at radius 1 is 1.24 bits per heavy atom. The summed E-state index contributed by atoms with van der Waals surface area (Å²) < 4.78 is 0. The Balaban J connectivity index is 1.95. The smallest absolute Gasteiger partial charge is 0.317 e. The molecule has 2 fully saturated rings. The standard InChI is InChI=1S/C15H27N3O3/c1-12-4-2-5-15(16,10-12)14(21)18-7-3-6-17(8-9-18)11-13(19)20/h12H,2-11,16H2,1H3,(H,19,20). The molecule has 1 saturated carbocycles. The van der Waals surface area contributed by atoms with Crippen LogP contribution >= 0.6 is 0 Å². The fourth-order valence-corrected chi connectivity index (χ4v) is 3.62. The fourth-order valence-electron chi connectivity index (χ4n) is 3.62. The van der Waals surface area contributed by atoms with Crippen LogP contribution in [-0.2, 0) is 9.59 Å². The summed E-state index contributed by atoms with van der Waals surface area (Å²) >= 11 is 0. The average Bonchev–Trinajstić information content (AvgIpc) is 2.62. The van der Waals surface area contributed by atoms with Crippen molar-refractivity contribution in [3.63, 3.8) is 0 Å². The van der Waals surface area contributed by atoms with Crippen LogP contribution in [0.25, 0.3) is 0 Å². The number of carboxylic acids is 1. The first-order chi connectivity index (χ1) is 9.90. The van der Waals surface area contributed by atoms with Gasteiger partial charge in [0.25, 0.3) is 0 Å². The van der Waals surface area contributed by atoms with Crippen LogP contribution in [0.15, 0.2) is 0 Å². The number of rotatable bonds is 3. The third kappa shape index (κ3) is 4.17. The summed E-state index contributed by atoms with van der Waals surface area (Å²) in [5.74, 6) is -0.249. The largest absolute Gasteiger partial charge is 0.480 e. The molecule has 0 aromatic carbocycles. The van der Waals surface area contributed by atoms with Gasteiger partial charge in [0, 0.05) is 26.2 Å². The van der Waals surface area contributed by atoms with Gasteiger partial charge in [0.05, 0.1) is 12.1 Å². The molecule has 1 heterocycles. The Bertz CT molecular complexity index is 402. The Hall–Kier alpha value is -1.14. The van der Waals surface area contributed by atoms with Crippen molar-refractivity contribution in [1.82, 2.24) is 9.80 Å². The van der Waals surface area contributed by atoms with Gasteiger partial charge < -0.3 is 15.7 Å². The zero-order chi connectivity index (χ0) is 15.5. The highest BCUT2D eigenvalue weighted by molar-refractivity contribution is 5.86. The van der Waals surface area contributed by atoms with Gasteiger partial charge in [0.2, 0.25) is 5.91 Å². The van der Waals surface area contributed by atoms with Crippen molar-refractivity contribution in [2.75, 3.05) is 32.7 Å². The molecule has 1 aliphatic carbocycles. The molecule has 2 atom stereocenters. The number of hydrogen-bond donors (Lipinski definition) is 2. The number of carbonyl (C=O) groups excluding carboxylic acids is 1. The van der Waals surface area contributed by atoms with Gasteiger partial charge in [-0.15, -0.1) is 0 Å². The van der Waals surface area contributed by atoms with E-state index in [0.29, 0.717) is 25.6 Å². The highest BCUT2D eigenvalue weighted by atomic mass is 16.4. The van der Waals surface area contributed by atoms with Crippen molar-refractivity contribution >= 4 is 11.9 Å². The Morgan fingerprint density at radius 3 is 2.67 bits per heavy atom. The van der Waals surface area contributed by atoms with Crippen LogP contribution in [0.5, 0.6) is 0 Å². The molecule has 6 heteroatoms. The molecule has 2 aliphatic rings. The minimum atomic E-state index is -0.814. The normalized spacial score (nSPS) is 31.7. The number of aliphatic carboxylic acids is 1. The van der Waals surface area contributed by atoms with E-state index in [1.165, 1.54) is 0 Å². The molecule has 0 radical (unpaired) electrons. The third-order valence-electron chi connectivity index (χ3n) is 4.69. The molecule has 21 heavy (non-hydrogen) atoms. The van der Waals surface area contributed by atoms with Crippen LogP contribution < -0.4 is 5.73 Å². The lowest BCUT2D eigenvalue weighted by Crippen LogP contribution is -2.58. The molecule has 1 amide bonds. The summed E-state index contributed by atoms with van der Waals surface area (Å²) in [5, 5.41) is 8.86. The fraction of sp³-hybridized carbons (Fsp3) is 0.867. The van der Waals surface area contributed by atoms with E-state index >= 15 is 0 Å². The van der Waals surface area contributed by atoms with Crippen LogP contribution in [0.1, 0.15) is 39.0 Å². The molecular formula is C15H27N3O3. The van der Waals surface area contributed by atoms with Crippen LogP contribution in [0.4, 0.5) is 0 Å². The maximum absolute atomic E-state index is 12.8. The molecule has 0 spiro atoms. The average molecular weight is 297 g/mol. The van der Waals surface area contributed by atoms with Crippen LogP contribution in [0.3, 0.4) is 0 Å². The van der Waals surface area contributed by atoms with Gasteiger partial charge >= 0.3 is 5.97 Å². The Morgan fingerprint density at radius 2 is 2.00 bits per heavy atom. The van der Waals surface area contributed by atoms with Crippen LogP contribution in [0.2, 0.25) is 0 Å². The van der Waals surface area contributed by atoms with Gasteiger partial charge in [-0.2, -0.15) is 0 Å². The maximum Gasteiger partial charge on any atom is 0.317 e. The summed E-state index contributed by atoms with van der Waals surface area (Å²) in [6, 6.07) is 0. The molecule has 1 aliphatic heterocycles. The van der Waals surface area contributed by atoms with Crippen LogP contribution in [0, 0.1) is 5.92 Å². The molecule has 2 rings (SSSR count). The minimum Gasteiger partial charge on any atom is -0.480 e. The van der Waals surface area contributed by atoms with Crippen molar-refractivity contribution in [2.24, 2.45) is 11.7 Å². The molecule has 0 aromatic heterocycles. The first-order valence-corrected chi connectivity index (χ1v) is 7.93. The lowest BCUT2D eigenvalue weighted by molar-refractivity contribution is -0.138. The zero-order valence-electron chi connectivity index (χ0n) is 12.9. The van der Waals surface area contributed by atoms with E-state index in [2.05, 4.69) is 6.92 Å². The molecule has 1 saturated heterocycles. The van der Waals surface area contributed by atoms with E-state index in [9.17, 15) is 9.59 Å². The van der Waals surface area contributed by atoms with Gasteiger partial charge in [-0.25, -0.2) is 0 Å². The summed E-state index contributed by atoms with van der Waals surface area (Å²) in [4.78, 5) is 27.3. The SMILES string of the molecule is CC1CCCC(N)(C(=O)N2CCCN(CC(=O)O)CC2)C1. The van der Waals surface area contributed by atoms with Crippen LogP contribution in [-0.4, -0.2) is 65.0 Å². The second kappa shape index (κ2) is 6.75. The highest BCUT2D eigenvalue weighted by Crippen LogP contribution is 2.32. The second-order valence-corrected chi connectivity index (χ2v) is 6.67. The number of carbonyl (C=O) groups is 2. The third-order valence-corrected chi connectivity index (χ3v) is 4.69. The lowest BCUT2D eigenvalue weighted by atomic mass is 9.76. The maximum atomic E-state index is 12.8. The van der Waals surface area contributed by atoms with Gasteiger partial charge in [-0.1, -0.05) is 19.8 Å². The van der Waals surface area contributed by atoms with E-state index in [4.69, 9.17) is 10.8 Å². The number of nitrogens with two attached hydrogens (primary N) is 1. The minimum absolute atomic E-state index is 0.0484. The molecular weight excluding hydrogens is 270 g/mol. The van der Waals surface area contributed by atoms with Gasteiger partial charge in [-0.05, 0) is 25.2 Å². The van der Waals surface area contributed by atoms with Gasteiger partial charge in [-0.3, -0.25) is 14.5 Å². The van der Waals surface area contributed by atoms with Crippen molar-refractivity contribution < 1.29 is 14.7 Å². The second-order valence-electron chi connectivity index (χ2n) is 6.67. The van der Waals surface area contributed by atoms with E-state index in [1.54, 1.807) is 0 Å². The number of hydrogen-bond acceptors (Lipinski definition) is 4. The van der Waals surface area contributed by atoms with E-state index < -0.39 is 11.5 Å². The number of amides is 1. The van der Waals surface area contributed by atoms with Crippen molar-refractivity contribution in [3.05, 3.63) is 0 Å². The molecule has 2 unspecified atom stereocenters. The van der Waals surface area contributed by atoms with E-state index in [-0.39, 0.29) is 12.5 Å². The lowest BCUT2D eigenvalue weighted by Gasteiger charge is -2.39. The first kappa shape index (κ1) is 16.2. The van der Waals surface area contributed by atoms with Gasteiger partial charge in [0.15, 0.2) is 0 Å². The van der Waals surface area contributed by atoms with Crippen molar-refractivity contribution in [1.29, 1.82) is 0 Å². The monoisotopic (exact) mass is 297 g/mol. The van der Waals surface area contributed by atoms with Crippen molar-refractivity contribution in [3.8, 4) is 0 Å². The number of carboxylic acid groups (broad SMARTS) is 1. The molecule has 0 aromatic rings. The summed E-state index contributed by atoms with van der Waals surface area (Å²) in [6.07, 6.45) is 4.51. The molecule has 3 N–H and O–H groups in total. The van der Waals surface area contributed by atoms with E-state index in [1.807, 2.05) is 9.80 Å². The Kier molecular flexibility index (Phi) is 5.22. The summed E-state index contributed by atoms with van der Waals surface area (Å²) in [5.41, 5.74) is 5.68. The number of nitrogens with zero attached hydrogens (tertiary/aromatic N) is 2. The molecule has 120 valence electrons. The molecule has 6 nitrogen and oxygen atoms in total. The summed E-state index contributed by atoms with van der Waals surface area (Å²) in [7, 11) is 0. The van der Waals surface area contributed by atoms with Gasteiger partial charge in [0.1, 0.15) is 0 Å².